The molecule has 30 heavy (non-hydrogen) atoms. The second-order valence-electron chi connectivity index (χ2n) is 7.90. The number of anilines is 1. The molecule has 9 heteroatoms. The summed E-state index contributed by atoms with van der Waals surface area (Å²) in [5.74, 6) is 2.75. The van der Waals surface area contributed by atoms with Gasteiger partial charge in [-0.05, 0) is 36.4 Å². The number of halogens is 1. The van der Waals surface area contributed by atoms with Gasteiger partial charge in [-0.3, -0.25) is 4.79 Å². The Balaban J connectivity index is 1.19. The molecule has 0 saturated carbocycles. The van der Waals surface area contributed by atoms with Crippen molar-refractivity contribution < 1.29 is 13.9 Å². The van der Waals surface area contributed by atoms with Crippen molar-refractivity contribution >= 4 is 17.4 Å². The van der Waals surface area contributed by atoms with Crippen LogP contribution >= 0.6 is 0 Å². The van der Waals surface area contributed by atoms with Gasteiger partial charge in [-0.25, -0.2) is 4.39 Å². The van der Waals surface area contributed by atoms with Crippen LogP contribution in [0.2, 0.25) is 0 Å². The maximum Gasteiger partial charge on any atom is 0.260 e. The van der Waals surface area contributed by atoms with Crippen LogP contribution in [0.3, 0.4) is 0 Å². The van der Waals surface area contributed by atoms with Crippen LogP contribution in [-0.2, 0) is 11.2 Å². The van der Waals surface area contributed by atoms with Gasteiger partial charge in [-0.1, -0.05) is 6.92 Å². The lowest BCUT2D eigenvalue weighted by molar-refractivity contribution is -0.132. The molecule has 2 fully saturated rings. The summed E-state index contributed by atoms with van der Waals surface area (Å²) in [6.07, 6.45) is 0.778. The van der Waals surface area contributed by atoms with Gasteiger partial charge in [0.25, 0.3) is 5.91 Å². The first-order valence-electron chi connectivity index (χ1n) is 10.2. The molecule has 2 unspecified atom stereocenters. The number of likely N-dealkylation sites (tertiary alicyclic amines) is 1. The van der Waals surface area contributed by atoms with Crippen molar-refractivity contribution in [1.29, 1.82) is 0 Å². The SMILES string of the molecule is CCc1nnc2ccc(N3CC4CN(C(=O)COc5ccc(F)cc5)CC4C3)nn12. The number of aromatic nitrogens is 4. The van der Waals surface area contributed by atoms with Crippen molar-refractivity contribution in [3.8, 4) is 5.75 Å². The molecule has 2 aliphatic rings. The second-order valence-corrected chi connectivity index (χ2v) is 7.90. The second kappa shape index (κ2) is 7.55. The Morgan fingerprint density at radius 2 is 1.80 bits per heavy atom. The van der Waals surface area contributed by atoms with Gasteiger partial charge in [0, 0.05) is 44.4 Å². The molecule has 2 saturated heterocycles. The van der Waals surface area contributed by atoms with Crippen LogP contribution < -0.4 is 9.64 Å². The summed E-state index contributed by atoms with van der Waals surface area (Å²) in [6, 6.07) is 9.65. The maximum absolute atomic E-state index is 13.0. The standard InChI is InChI=1S/C21H23FN6O2/c1-2-18-23-24-19-7-8-20(25-28(18)19)26-9-14-11-27(12-15(14)10-26)21(29)13-30-17-5-3-16(22)4-6-17/h3-8,14-15H,2,9-13H2,1H3. The molecule has 1 aromatic carbocycles. The third-order valence-corrected chi connectivity index (χ3v) is 5.97. The van der Waals surface area contributed by atoms with Crippen molar-refractivity contribution in [1.82, 2.24) is 24.7 Å². The molecule has 4 heterocycles. The average Bonchev–Trinajstić information content (AvgIpc) is 3.45. The molecule has 5 rings (SSSR count). The first kappa shape index (κ1) is 18.8. The van der Waals surface area contributed by atoms with Crippen molar-refractivity contribution in [3.05, 3.63) is 48.0 Å². The van der Waals surface area contributed by atoms with Gasteiger partial charge >= 0.3 is 0 Å². The fourth-order valence-corrected chi connectivity index (χ4v) is 4.36. The summed E-state index contributed by atoms with van der Waals surface area (Å²) in [6.45, 7) is 5.20. The highest BCUT2D eigenvalue weighted by atomic mass is 19.1. The number of amides is 1. The number of nitrogens with zero attached hydrogens (tertiary/aromatic N) is 6. The molecule has 0 bridgehead atoms. The summed E-state index contributed by atoms with van der Waals surface area (Å²) in [7, 11) is 0. The normalized spacial score (nSPS) is 20.7. The Morgan fingerprint density at radius 3 is 2.50 bits per heavy atom. The molecule has 2 aliphatic heterocycles. The largest absolute Gasteiger partial charge is 0.484 e. The summed E-state index contributed by atoms with van der Waals surface area (Å²) < 4.78 is 20.3. The average molecular weight is 410 g/mol. The van der Waals surface area contributed by atoms with E-state index < -0.39 is 0 Å². The van der Waals surface area contributed by atoms with E-state index in [4.69, 9.17) is 9.84 Å². The van der Waals surface area contributed by atoms with Gasteiger partial charge in [0.1, 0.15) is 17.4 Å². The van der Waals surface area contributed by atoms with Crippen LogP contribution in [-0.4, -0.2) is 63.4 Å². The van der Waals surface area contributed by atoms with E-state index in [0.717, 1.165) is 49.9 Å². The number of fused-ring (bicyclic) bond motifs is 2. The number of hydrogen-bond acceptors (Lipinski definition) is 6. The predicted molar refractivity (Wildman–Crippen MR) is 108 cm³/mol. The highest BCUT2D eigenvalue weighted by Crippen LogP contribution is 2.33. The number of rotatable bonds is 5. The summed E-state index contributed by atoms with van der Waals surface area (Å²) >= 11 is 0. The zero-order chi connectivity index (χ0) is 20.7. The Morgan fingerprint density at radius 1 is 1.07 bits per heavy atom. The van der Waals surface area contributed by atoms with E-state index in [0.29, 0.717) is 17.6 Å². The van der Waals surface area contributed by atoms with E-state index in [2.05, 4.69) is 15.1 Å². The van der Waals surface area contributed by atoms with Crippen LogP contribution in [0.15, 0.2) is 36.4 Å². The number of benzene rings is 1. The molecule has 1 amide bonds. The molecular weight excluding hydrogens is 387 g/mol. The maximum atomic E-state index is 13.0. The topological polar surface area (TPSA) is 75.9 Å². The Hall–Kier alpha value is -3.23. The summed E-state index contributed by atoms with van der Waals surface area (Å²) in [5, 5.41) is 13.0. The van der Waals surface area contributed by atoms with E-state index in [9.17, 15) is 9.18 Å². The van der Waals surface area contributed by atoms with Crippen LogP contribution in [0.4, 0.5) is 10.2 Å². The molecule has 0 N–H and O–H groups in total. The van der Waals surface area contributed by atoms with Gasteiger partial charge in [-0.2, -0.15) is 4.52 Å². The first-order valence-corrected chi connectivity index (χ1v) is 10.2. The van der Waals surface area contributed by atoms with E-state index in [1.807, 2.05) is 28.5 Å². The molecular formula is C21H23FN6O2. The van der Waals surface area contributed by atoms with Crippen molar-refractivity contribution in [3.63, 3.8) is 0 Å². The molecule has 8 nitrogen and oxygen atoms in total. The van der Waals surface area contributed by atoms with Crippen molar-refractivity contribution in [2.75, 3.05) is 37.7 Å². The third kappa shape index (κ3) is 3.44. The first-order chi connectivity index (χ1) is 14.6. The van der Waals surface area contributed by atoms with Crippen molar-refractivity contribution in [2.24, 2.45) is 11.8 Å². The van der Waals surface area contributed by atoms with Gasteiger partial charge in [0.15, 0.2) is 18.1 Å². The van der Waals surface area contributed by atoms with Crippen LogP contribution in [0.5, 0.6) is 5.75 Å². The molecule has 2 atom stereocenters. The Bertz CT molecular complexity index is 1060. The smallest absolute Gasteiger partial charge is 0.260 e. The Labute approximate surface area is 173 Å². The highest BCUT2D eigenvalue weighted by molar-refractivity contribution is 5.78. The van der Waals surface area contributed by atoms with E-state index in [1.165, 1.54) is 24.3 Å². The fourth-order valence-electron chi connectivity index (χ4n) is 4.36. The van der Waals surface area contributed by atoms with E-state index in [1.54, 1.807) is 0 Å². The minimum absolute atomic E-state index is 0.0273. The number of carbonyl (C=O) groups excluding carboxylic acids is 1. The number of carbonyl (C=O) groups is 1. The lowest BCUT2D eigenvalue weighted by Crippen LogP contribution is -2.36. The summed E-state index contributed by atoms with van der Waals surface area (Å²) in [5.41, 5.74) is 0.757. The zero-order valence-electron chi connectivity index (χ0n) is 16.7. The van der Waals surface area contributed by atoms with Gasteiger partial charge in [-0.15, -0.1) is 15.3 Å². The number of ether oxygens (including phenoxy) is 1. The number of aryl methyl sites for hydroxylation is 1. The lowest BCUT2D eigenvalue weighted by atomic mass is 10.0. The predicted octanol–water partition coefficient (Wildman–Crippen LogP) is 1.80. The monoisotopic (exact) mass is 410 g/mol. The molecule has 156 valence electrons. The molecule has 0 spiro atoms. The van der Waals surface area contributed by atoms with E-state index in [-0.39, 0.29) is 18.3 Å². The van der Waals surface area contributed by atoms with Crippen molar-refractivity contribution in [2.45, 2.75) is 13.3 Å². The quantitative estimate of drug-likeness (QED) is 0.639. The van der Waals surface area contributed by atoms with Gasteiger partial charge in [0.05, 0.1) is 0 Å². The fraction of sp³-hybridized carbons (Fsp3) is 0.429. The van der Waals surface area contributed by atoms with Crippen LogP contribution in [0, 0.1) is 17.7 Å². The lowest BCUT2D eigenvalue weighted by Gasteiger charge is -2.22. The zero-order valence-corrected chi connectivity index (χ0v) is 16.7. The van der Waals surface area contributed by atoms with Gasteiger partial charge < -0.3 is 14.5 Å². The molecule has 0 radical (unpaired) electrons. The van der Waals surface area contributed by atoms with E-state index >= 15 is 0 Å². The van der Waals surface area contributed by atoms with Gasteiger partial charge in [0.2, 0.25) is 0 Å². The molecule has 2 aromatic heterocycles. The molecule has 3 aromatic rings. The third-order valence-electron chi connectivity index (χ3n) is 5.97. The van der Waals surface area contributed by atoms with Crippen LogP contribution in [0.1, 0.15) is 12.7 Å². The summed E-state index contributed by atoms with van der Waals surface area (Å²) in [4.78, 5) is 16.7. The molecule has 0 aliphatic carbocycles. The highest BCUT2D eigenvalue weighted by Gasteiger charge is 2.42. The Kier molecular flexibility index (Phi) is 4.72. The minimum Gasteiger partial charge on any atom is -0.484 e. The van der Waals surface area contributed by atoms with Crippen LogP contribution in [0.25, 0.3) is 5.65 Å². The minimum atomic E-state index is -0.325. The number of hydrogen-bond donors (Lipinski definition) is 0.